The van der Waals surface area contributed by atoms with Crippen molar-refractivity contribution in [2.45, 2.75) is 12.5 Å². The van der Waals surface area contributed by atoms with Gasteiger partial charge < -0.3 is 9.47 Å². The van der Waals surface area contributed by atoms with Gasteiger partial charge in [0.05, 0.1) is 18.8 Å². The first kappa shape index (κ1) is 10.8. The lowest BCUT2D eigenvalue weighted by Gasteiger charge is -2.20. The molecule has 1 unspecified atom stereocenters. The summed E-state index contributed by atoms with van der Waals surface area (Å²) < 4.78 is 10.2. The molecule has 1 fully saturated rings. The molecule has 0 radical (unpaired) electrons. The molecule has 4 nitrogen and oxygen atoms in total. The summed E-state index contributed by atoms with van der Waals surface area (Å²) in [5.41, 5.74) is 0.445. The number of ether oxygens (including phenoxy) is 2. The Hall–Kier alpha value is -1.68. The molecule has 1 aromatic carbocycles. The number of carbonyl (C=O) groups is 2. The van der Waals surface area contributed by atoms with Gasteiger partial charge in [-0.05, 0) is 12.1 Å². The quantitative estimate of drug-likeness (QED) is 0.703. The highest BCUT2D eigenvalue weighted by Crippen LogP contribution is 2.09. The van der Waals surface area contributed by atoms with E-state index in [4.69, 9.17) is 9.47 Å². The average Bonchev–Trinajstić information content (AvgIpc) is 2.33. The summed E-state index contributed by atoms with van der Waals surface area (Å²) >= 11 is 0. The molecule has 1 heterocycles. The van der Waals surface area contributed by atoms with Crippen molar-refractivity contribution in [1.82, 2.24) is 0 Å². The highest BCUT2D eigenvalue weighted by atomic mass is 16.6. The van der Waals surface area contributed by atoms with Crippen molar-refractivity contribution in [2.75, 3.05) is 13.2 Å². The second-order valence-corrected chi connectivity index (χ2v) is 3.55. The van der Waals surface area contributed by atoms with Crippen LogP contribution < -0.4 is 0 Å². The lowest BCUT2D eigenvalue weighted by molar-refractivity contribution is -0.137. The molecule has 0 saturated carbocycles. The Bertz CT molecular complexity index is 385. The van der Waals surface area contributed by atoms with Crippen LogP contribution in [0.4, 0.5) is 0 Å². The van der Waals surface area contributed by atoms with Crippen LogP contribution in [0.2, 0.25) is 0 Å². The maximum atomic E-state index is 11.6. The SMILES string of the molecule is O=C(OC1COCCC1=O)c1ccccc1. The molecule has 84 valence electrons. The van der Waals surface area contributed by atoms with Crippen LogP contribution in [0.25, 0.3) is 0 Å². The molecule has 1 aliphatic rings. The van der Waals surface area contributed by atoms with Crippen molar-refractivity contribution >= 4 is 11.8 Å². The first-order valence-corrected chi connectivity index (χ1v) is 5.14. The molecule has 0 aliphatic carbocycles. The smallest absolute Gasteiger partial charge is 0.338 e. The average molecular weight is 220 g/mol. The van der Waals surface area contributed by atoms with E-state index in [0.717, 1.165) is 0 Å². The van der Waals surface area contributed by atoms with E-state index in [2.05, 4.69) is 0 Å². The minimum absolute atomic E-state index is 0.0736. The van der Waals surface area contributed by atoms with Crippen molar-refractivity contribution in [3.63, 3.8) is 0 Å². The highest BCUT2D eigenvalue weighted by Gasteiger charge is 2.26. The fourth-order valence-corrected chi connectivity index (χ4v) is 1.49. The monoisotopic (exact) mass is 220 g/mol. The third kappa shape index (κ3) is 2.46. The van der Waals surface area contributed by atoms with Crippen molar-refractivity contribution in [2.24, 2.45) is 0 Å². The number of benzene rings is 1. The van der Waals surface area contributed by atoms with Crippen LogP contribution in [0, 0.1) is 0 Å². The van der Waals surface area contributed by atoms with E-state index < -0.39 is 12.1 Å². The van der Waals surface area contributed by atoms with E-state index >= 15 is 0 Å². The van der Waals surface area contributed by atoms with Gasteiger partial charge in [-0.2, -0.15) is 0 Å². The molecule has 4 heteroatoms. The molecule has 1 aromatic rings. The van der Waals surface area contributed by atoms with Gasteiger partial charge in [-0.3, -0.25) is 4.79 Å². The summed E-state index contributed by atoms with van der Waals surface area (Å²) in [6, 6.07) is 8.60. The Morgan fingerprint density at radius 2 is 2.06 bits per heavy atom. The Balaban J connectivity index is 1.99. The Kier molecular flexibility index (Phi) is 3.31. The van der Waals surface area contributed by atoms with Gasteiger partial charge in [0.2, 0.25) is 0 Å². The zero-order valence-corrected chi connectivity index (χ0v) is 8.72. The third-order valence-electron chi connectivity index (χ3n) is 2.38. The number of ketones is 1. The lowest BCUT2D eigenvalue weighted by atomic mass is 10.1. The third-order valence-corrected chi connectivity index (χ3v) is 2.38. The summed E-state index contributed by atoms with van der Waals surface area (Å²) in [6.45, 7) is 0.579. The van der Waals surface area contributed by atoms with Gasteiger partial charge in [0.15, 0.2) is 11.9 Å². The van der Waals surface area contributed by atoms with E-state index in [-0.39, 0.29) is 12.4 Å². The van der Waals surface area contributed by atoms with Gasteiger partial charge in [0.25, 0.3) is 0 Å². The van der Waals surface area contributed by atoms with E-state index in [0.29, 0.717) is 18.6 Å². The van der Waals surface area contributed by atoms with E-state index in [1.165, 1.54) is 0 Å². The molecule has 1 aliphatic heterocycles. The summed E-state index contributed by atoms with van der Waals surface area (Å²) in [5, 5.41) is 0. The molecule has 2 rings (SSSR count). The number of Topliss-reactive ketones (excluding diaryl/α,β-unsaturated/α-hetero) is 1. The molecule has 16 heavy (non-hydrogen) atoms. The topological polar surface area (TPSA) is 52.6 Å². The molecule has 0 aromatic heterocycles. The largest absolute Gasteiger partial charge is 0.448 e. The summed E-state index contributed by atoms with van der Waals surface area (Å²) in [7, 11) is 0. The summed E-state index contributed by atoms with van der Waals surface area (Å²) in [6.07, 6.45) is -0.436. The van der Waals surface area contributed by atoms with E-state index in [1.54, 1.807) is 24.3 Å². The van der Waals surface area contributed by atoms with E-state index in [1.807, 2.05) is 6.07 Å². The molecular weight excluding hydrogens is 208 g/mol. The number of rotatable bonds is 2. The van der Waals surface area contributed by atoms with Gasteiger partial charge in [-0.1, -0.05) is 18.2 Å². The standard InChI is InChI=1S/C12H12O4/c13-10-6-7-15-8-11(10)16-12(14)9-4-2-1-3-5-9/h1-5,11H,6-8H2. The minimum atomic E-state index is -0.749. The fourth-order valence-electron chi connectivity index (χ4n) is 1.49. The van der Waals surface area contributed by atoms with Crippen molar-refractivity contribution < 1.29 is 19.1 Å². The Morgan fingerprint density at radius 1 is 1.31 bits per heavy atom. The molecule has 0 amide bonds. The van der Waals surface area contributed by atoms with Crippen LogP contribution in [0.5, 0.6) is 0 Å². The summed E-state index contributed by atoms with van der Waals surface area (Å²) in [4.78, 5) is 23.0. The second-order valence-electron chi connectivity index (χ2n) is 3.55. The maximum absolute atomic E-state index is 11.6. The zero-order valence-electron chi connectivity index (χ0n) is 8.72. The Labute approximate surface area is 93.2 Å². The molecule has 1 saturated heterocycles. The fraction of sp³-hybridized carbons (Fsp3) is 0.333. The summed E-state index contributed by atoms with van der Waals surface area (Å²) in [5.74, 6) is -0.556. The first-order chi connectivity index (χ1) is 7.77. The molecule has 1 atom stereocenters. The maximum Gasteiger partial charge on any atom is 0.338 e. The molecule has 0 spiro atoms. The highest BCUT2D eigenvalue weighted by molar-refractivity contribution is 5.93. The van der Waals surface area contributed by atoms with Gasteiger partial charge >= 0.3 is 5.97 Å². The van der Waals surface area contributed by atoms with Gasteiger partial charge in [-0.25, -0.2) is 4.79 Å². The van der Waals surface area contributed by atoms with Crippen LogP contribution in [0.15, 0.2) is 30.3 Å². The van der Waals surface area contributed by atoms with Gasteiger partial charge in [-0.15, -0.1) is 0 Å². The molecule has 0 N–H and O–H groups in total. The van der Waals surface area contributed by atoms with Crippen LogP contribution in [0.3, 0.4) is 0 Å². The second kappa shape index (κ2) is 4.90. The number of hydrogen-bond acceptors (Lipinski definition) is 4. The van der Waals surface area contributed by atoms with Crippen molar-refractivity contribution in [3.05, 3.63) is 35.9 Å². The predicted octanol–water partition coefficient (Wildman–Crippen LogP) is 1.20. The van der Waals surface area contributed by atoms with Crippen LogP contribution in [0.1, 0.15) is 16.8 Å². The van der Waals surface area contributed by atoms with Crippen LogP contribution in [-0.2, 0) is 14.3 Å². The minimum Gasteiger partial charge on any atom is -0.448 e. The van der Waals surface area contributed by atoms with Gasteiger partial charge in [0.1, 0.15) is 0 Å². The number of hydrogen-bond donors (Lipinski definition) is 0. The van der Waals surface area contributed by atoms with Gasteiger partial charge in [0, 0.05) is 6.42 Å². The van der Waals surface area contributed by atoms with Crippen LogP contribution in [-0.4, -0.2) is 31.1 Å². The Morgan fingerprint density at radius 3 is 2.75 bits per heavy atom. The van der Waals surface area contributed by atoms with E-state index in [9.17, 15) is 9.59 Å². The molecular formula is C12H12O4. The van der Waals surface area contributed by atoms with Crippen LogP contribution >= 0.6 is 0 Å². The first-order valence-electron chi connectivity index (χ1n) is 5.14. The zero-order chi connectivity index (χ0) is 11.4. The van der Waals surface area contributed by atoms with Crippen molar-refractivity contribution in [1.29, 1.82) is 0 Å². The normalized spacial score (nSPS) is 20.5. The number of esters is 1. The predicted molar refractivity (Wildman–Crippen MR) is 56.1 cm³/mol. The molecule has 0 bridgehead atoms. The van der Waals surface area contributed by atoms with Crippen molar-refractivity contribution in [3.8, 4) is 0 Å². The lowest BCUT2D eigenvalue weighted by Crippen LogP contribution is -2.36. The number of carbonyl (C=O) groups excluding carboxylic acids is 2.